The number of aliphatic carboxylic acids is 1. The molecule has 0 bridgehead atoms. The summed E-state index contributed by atoms with van der Waals surface area (Å²) in [6, 6.07) is 7.88. The number of carboxylic acids is 1. The van der Waals surface area contributed by atoms with Crippen LogP contribution >= 0.6 is 0 Å². The van der Waals surface area contributed by atoms with Crippen molar-refractivity contribution in [3.63, 3.8) is 0 Å². The van der Waals surface area contributed by atoms with E-state index < -0.39 is 16.0 Å². The zero-order valence-corrected chi connectivity index (χ0v) is 19.4. The standard InChI is InChI=1S/C22H26N2O8S/c1-29-16-13-20(31-3)17(21(14-16)32-4)9-11-33(27,28)24-15-7-8-19(30-2)18(12-15)23-10-5-6-22(25)26/h5-9,11-14,23-24H,10H2,1-4H3,(H,25,26)/b6-5?,11-9+. The smallest absolute Gasteiger partial charge is 0.328 e. The Morgan fingerprint density at radius 2 is 1.61 bits per heavy atom. The maximum atomic E-state index is 12.7. The number of nitrogens with one attached hydrogen (secondary N) is 2. The molecule has 2 rings (SSSR count). The molecule has 0 aromatic heterocycles. The summed E-state index contributed by atoms with van der Waals surface area (Å²) in [4.78, 5) is 10.6. The molecule has 3 N–H and O–H groups in total. The molecule has 0 aliphatic rings. The van der Waals surface area contributed by atoms with Crippen molar-refractivity contribution in [2.45, 2.75) is 0 Å². The zero-order valence-electron chi connectivity index (χ0n) is 18.6. The van der Waals surface area contributed by atoms with Crippen LogP contribution in [0.2, 0.25) is 0 Å². The van der Waals surface area contributed by atoms with E-state index in [1.807, 2.05) is 0 Å². The van der Waals surface area contributed by atoms with E-state index in [0.29, 0.717) is 34.2 Å². The largest absolute Gasteiger partial charge is 0.496 e. The summed E-state index contributed by atoms with van der Waals surface area (Å²) in [6.45, 7) is 0.204. The average molecular weight is 479 g/mol. The fourth-order valence-electron chi connectivity index (χ4n) is 2.79. The number of hydrogen-bond acceptors (Lipinski definition) is 8. The Kier molecular flexibility index (Phi) is 8.98. The molecule has 0 amide bonds. The number of hydrogen-bond donors (Lipinski definition) is 3. The molecule has 0 fully saturated rings. The van der Waals surface area contributed by atoms with E-state index in [0.717, 1.165) is 11.5 Å². The van der Waals surface area contributed by atoms with Crippen molar-refractivity contribution >= 4 is 33.4 Å². The maximum absolute atomic E-state index is 12.7. The van der Waals surface area contributed by atoms with Gasteiger partial charge in [0.2, 0.25) is 0 Å². The maximum Gasteiger partial charge on any atom is 0.328 e. The highest BCUT2D eigenvalue weighted by atomic mass is 32.2. The minimum absolute atomic E-state index is 0.204. The molecule has 2 aromatic carbocycles. The van der Waals surface area contributed by atoms with Gasteiger partial charge in [-0.05, 0) is 24.3 Å². The van der Waals surface area contributed by atoms with E-state index >= 15 is 0 Å². The van der Waals surface area contributed by atoms with Gasteiger partial charge in [0, 0.05) is 24.8 Å². The number of sulfonamides is 1. The molecule has 0 heterocycles. The number of carboxylic acid groups (broad SMARTS) is 1. The van der Waals surface area contributed by atoms with Crippen LogP contribution in [0.15, 0.2) is 47.9 Å². The van der Waals surface area contributed by atoms with E-state index in [4.69, 9.17) is 24.1 Å². The molecule has 11 heteroatoms. The van der Waals surface area contributed by atoms with Crippen LogP contribution in [-0.2, 0) is 14.8 Å². The predicted octanol–water partition coefficient (Wildman–Crippen LogP) is 3.19. The molecule has 0 spiro atoms. The Morgan fingerprint density at radius 1 is 0.970 bits per heavy atom. The average Bonchev–Trinajstić information content (AvgIpc) is 2.79. The molecule has 10 nitrogen and oxygen atoms in total. The van der Waals surface area contributed by atoms with Crippen LogP contribution in [-0.4, -0.2) is 54.5 Å². The Balaban J connectivity index is 2.26. The number of anilines is 2. The van der Waals surface area contributed by atoms with Gasteiger partial charge in [0.15, 0.2) is 0 Å². The quantitative estimate of drug-likeness (QED) is 0.393. The Labute approximate surface area is 192 Å². The van der Waals surface area contributed by atoms with Gasteiger partial charge in [-0.2, -0.15) is 0 Å². The molecule has 0 saturated carbocycles. The molecule has 0 atom stereocenters. The molecular weight excluding hydrogens is 452 g/mol. The summed E-state index contributed by atoms with van der Waals surface area (Å²) < 4.78 is 48.9. The van der Waals surface area contributed by atoms with E-state index in [-0.39, 0.29) is 12.2 Å². The Bertz CT molecular complexity index is 1120. The van der Waals surface area contributed by atoms with Gasteiger partial charge in [0.1, 0.15) is 23.0 Å². The van der Waals surface area contributed by atoms with Crippen molar-refractivity contribution < 1.29 is 37.3 Å². The van der Waals surface area contributed by atoms with Gasteiger partial charge >= 0.3 is 5.97 Å². The number of benzene rings is 2. The topological polar surface area (TPSA) is 132 Å². The van der Waals surface area contributed by atoms with Crippen molar-refractivity contribution in [3.05, 3.63) is 53.5 Å². The number of carbonyl (C=O) groups is 1. The van der Waals surface area contributed by atoms with E-state index in [9.17, 15) is 13.2 Å². The van der Waals surface area contributed by atoms with Crippen molar-refractivity contribution in [2.75, 3.05) is 45.0 Å². The molecule has 0 aliphatic carbocycles. The van der Waals surface area contributed by atoms with Gasteiger partial charge in [-0.1, -0.05) is 6.08 Å². The lowest BCUT2D eigenvalue weighted by Crippen LogP contribution is -2.10. The summed E-state index contributed by atoms with van der Waals surface area (Å²) in [5.74, 6) is 0.649. The summed E-state index contributed by atoms with van der Waals surface area (Å²) in [5, 5.41) is 12.6. The van der Waals surface area contributed by atoms with Crippen molar-refractivity contribution in [3.8, 4) is 23.0 Å². The monoisotopic (exact) mass is 478 g/mol. The Hall–Kier alpha value is -3.86. The van der Waals surface area contributed by atoms with Crippen molar-refractivity contribution in [1.82, 2.24) is 0 Å². The highest BCUT2D eigenvalue weighted by Crippen LogP contribution is 2.35. The minimum Gasteiger partial charge on any atom is -0.496 e. The van der Waals surface area contributed by atoms with Gasteiger partial charge in [-0.3, -0.25) is 4.72 Å². The normalized spacial score (nSPS) is 11.4. The second kappa shape index (κ2) is 11.7. The van der Waals surface area contributed by atoms with E-state index in [1.54, 1.807) is 18.2 Å². The molecule has 2 aromatic rings. The molecule has 0 unspecified atom stereocenters. The van der Waals surface area contributed by atoms with Crippen LogP contribution < -0.4 is 29.0 Å². The van der Waals surface area contributed by atoms with Crippen LogP contribution in [0.5, 0.6) is 23.0 Å². The fraction of sp³-hybridized carbons (Fsp3) is 0.227. The van der Waals surface area contributed by atoms with Gasteiger partial charge in [0.05, 0.1) is 50.8 Å². The van der Waals surface area contributed by atoms with Gasteiger partial charge in [0.25, 0.3) is 10.0 Å². The van der Waals surface area contributed by atoms with Gasteiger partial charge in [-0.25, -0.2) is 13.2 Å². The highest BCUT2D eigenvalue weighted by molar-refractivity contribution is 7.95. The van der Waals surface area contributed by atoms with Gasteiger partial charge < -0.3 is 29.4 Å². The van der Waals surface area contributed by atoms with Gasteiger partial charge in [-0.15, -0.1) is 0 Å². The third kappa shape index (κ3) is 7.35. The van der Waals surface area contributed by atoms with Crippen LogP contribution in [0.3, 0.4) is 0 Å². The molecule has 0 aliphatic heterocycles. The summed E-state index contributed by atoms with van der Waals surface area (Å²) in [7, 11) is 1.97. The summed E-state index contributed by atoms with van der Waals surface area (Å²) in [6.07, 6.45) is 3.77. The second-order valence-electron chi connectivity index (χ2n) is 6.43. The third-order valence-corrected chi connectivity index (χ3v) is 5.31. The molecule has 178 valence electrons. The zero-order chi connectivity index (χ0) is 24.4. The summed E-state index contributed by atoms with van der Waals surface area (Å²) >= 11 is 0. The van der Waals surface area contributed by atoms with E-state index in [1.165, 1.54) is 52.7 Å². The van der Waals surface area contributed by atoms with E-state index in [2.05, 4.69) is 10.0 Å². The first kappa shape index (κ1) is 25.4. The SMILES string of the molecule is COc1cc(OC)c(/C=C/S(=O)(=O)Nc2ccc(OC)c(NCC=CC(=O)O)c2)c(OC)c1. The second-order valence-corrected chi connectivity index (χ2v) is 8.00. The first-order valence-electron chi connectivity index (χ1n) is 9.55. The van der Waals surface area contributed by atoms with Crippen LogP contribution in [0, 0.1) is 0 Å². The lowest BCUT2D eigenvalue weighted by atomic mass is 10.1. The first-order valence-corrected chi connectivity index (χ1v) is 11.1. The molecular formula is C22H26N2O8S. The third-order valence-electron chi connectivity index (χ3n) is 4.30. The number of rotatable bonds is 12. The summed E-state index contributed by atoms with van der Waals surface area (Å²) in [5.41, 5.74) is 1.18. The van der Waals surface area contributed by atoms with Crippen molar-refractivity contribution in [1.29, 1.82) is 0 Å². The van der Waals surface area contributed by atoms with Crippen molar-refractivity contribution in [2.24, 2.45) is 0 Å². The minimum atomic E-state index is -3.90. The lowest BCUT2D eigenvalue weighted by molar-refractivity contribution is -0.131. The van der Waals surface area contributed by atoms with Crippen LogP contribution in [0.4, 0.5) is 11.4 Å². The molecule has 0 saturated heterocycles. The Morgan fingerprint density at radius 3 is 2.15 bits per heavy atom. The predicted molar refractivity (Wildman–Crippen MR) is 126 cm³/mol. The van der Waals surface area contributed by atoms with Crippen LogP contribution in [0.1, 0.15) is 5.56 Å². The highest BCUT2D eigenvalue weighted by Gasteiger charge is 2.14. The molecule has 0 radical (unpaired) electrons. The molecule has 33 heavy (non-hydrogen) atoms. The number of methoxy groups -OCH3 is 4. The lowest BCUT2D eigenvalue weighted by Gasteiger charge is -2.13. The fourth-order valence-corrected chi connectivity index (χ4v) is 3.63. The van der Waals surface area contributed by atoms with Crippen LogP contribution in [0.25, 0.3) is 6.08 Å². The number of ether oxygens (including phenoxy) is 4. The first-order chi connectivity index (χ1) is 15.7.